The monoisotopic (exact) mass is 423 g/mol. The third kappa shape index (κ3) is 7.04. The summed E-state index contributed by atoms with van der Waals surface area (Å²) >= 11 is 0. The van der Waals surface area contributed by atoms with Crippen LogP contribution in [0.2, 0.25) is 0 Å². The van der Waals surface area contributed by atoms with Gasteiger partial charge in [0.05, 0.1) is 6.26 Å². The molecule has 0 aliphatic carbocycles. The molecule has 0 saturated heterocycles. The summed E-state index contributed by atoms with van der Waals surface area (Å²) in [5, 5.41) is 10.2. The number of carbonyl (C=O) groups excluding carboxylic acids is 1. The lowest BCUT2D eigenvalue weighted by molar-refractivity contribution is -0.136. The molecule has 0 spiro atoms. The molecule has 2 aromatic carbocycles. The maximum absolute atomic E-state index is 12.0. The Labute approximate surface area is 170 Å². The predicted molar refractivity (Wildman–Crippen MR) is 107 cm³/mol. The molecule has 29 heavy (non-hydrogen) atoms. The number of benzene rings is 2. The number of phenols is 1. The molecule has 158 valence electrons. The first-order chi connectivity index (χ1) is 13.6. The van der Waals surface area contributed by atoms with Gasteiger partial charge in [-0.3, -0.25) is 4.18 Å². The van der Waals surface area contributed by atoms with Crippen molar-refractivity contribution in [2.75, 3.05) is 12.9 Å². The molecule has 9 heteroatoms. The van der Waals surface area contributed by atoms with Crippen molar-refractivity contribution in [1.82, 2.24) is 0 Å². The number of hydrogen-bond donors (Lipinski definition) is 2. The highest BCUT2D eigenvalue weighted by atomic mass is 32.2. The van der Waals surface area contributed by atoms with Gasteiger partial charge in [-0.25, -0.2) is 4.79 Å². The Morgan fingerprint density at radius 1 is 1.14 bits per heavy atom. The van der Waals surface area contributed by atoms with Crippen LogP contribution in [0.1, 0.15) is 25.5 Å². The quantitative estimate of drug-likeness (QED) is 0.358. The lowest BCUT2D eigenvalue weighted by Crippen LogP contribution is -2.36. The van der Waals surface area contributed by atoms with Crippen LogP contribution in [0.15, 0.2) is 48.5 Å². The lowest BCUT2D eigenvalue weighted by atomic mass is 9.94. The van der Waals surface area contributed by atoms with Crippen LogP contribution < -0.4 is 15.2 Å². The number of nitrogens with two attached hydrogens (primary N) is 1. The fraction of sp³-hybridized carbons (Fsp3) is 0.350. The smallest absolute Gasteiger partial charge is 0.349 e. The Morgan fingerprint density at radius 3 is 2.34 bits per heavy atom. The van der Waals surface area contributed by atoms with Crippen molar-refractivity contribution in [2.24, 2.45) is 11.7 Å². The fourth-order valence-corrected chi connectivity index (χ4v) is 3.10. The number of hydrogen-bond acceptors (Lipinski definition) is 8. The van der Waals surface area contributed by atoms with Crippen LogP contribution in [0, 0.1) is 5.92 Å². The molecule has 0 aromatic heterocycles. The molecule has 0 saturated carbocycles. The van der Waals surface area contributed by atoms with E-state index in [4.69, 9.17) is 19.4 Å². The van der Waals surface area contributed by atoms with Crippen LogP contribution >= 0.6 is 0 Å². The predicted octanol–water partition coefficient (Wildman–Crippen LogP) is 2.38. The Bertz CT molecular complexity index is 929. The van der Waals surface area contributed by atoms with E-state index in [1.54, 1.807) is 24.3 Å². The molecule has 3 N–H and O–H groups in total. The summed E-state index contributed by atoms with van der Waals surface area (Å²) in [4.78, 5) is 12.0. The van der Waals surface area contributed by atoms with Crippen molar-refractivity contribution in [1.29, 1.82) is 0 Å². The first-order valence-corrected chi connectivity index (χ1v) is 10.7. The SMILES string of the molecule is CC(C)C(N)C(OS(C)(=O)=O)c1ccc(OC(=O)COc2ccccc2)c(O)c1. The number of phenolic OH excluding ortho intramolecular Hbond substituents is 1. The Kier molecular flexibility index (Phi) is 7.60. The van der Waals surface area contributed by atoms with Crippen LogP contribution in [0.4, 0.5) is 0 Å². The summed E-state index contributed by atoms with van der Waals surface area (Å²) < 4.78 is 38.7. The standard InChI is InChI=1S/C20H25NO7S/c1-13(2)19(21)20(28-29(3,24)25)14-9-10-17(16(22)11-14)27-18(23)12-26-15-7-5-4-6-8-15/h4-11,13,19-20,22H,12,21H2,1-3H3. The second kappa shape index (κ2) is 9.73. The highest BCUT2D eigenvalue weighted by molar-refractivity contribution is 7.86. The number of para-hydroxylation sites is 1. The second-order valence-electron chi connectivity index (χ2n) is 6.85. The van der Waals surface area contributed by atoms with Crippen LogP contribution in [0.25, 0.3) is 0 Å². The van der Waals surface area contributed by atoms with Gasteiger partial charge in [0.25, 0.3) is 10.1 Å². The van der Waals surface area contributed by atoms with Crippen molar-refractivity contribution in [3.63, 3.8) is 0 Å². The van der Waals surface area contributed by atoms with Gasteiger partial charge < -0.3 is 20.3 Å². The number of rotatable bonds is 9. The van der Waals surface area contributed by atoms with Crippen molar-refractivity contribution in [3.8, 4) is 17.2 Å². The van der Waals surface area contributed by atoms with Gasteiger partial charge in [-0.2, -0.15) is 8.42 Å². The number of carbonyl (C=O) groups is 1. The largest absolute Gasteiger partial charge is 0.504 e. The second-order valence-corrected chi connectivity index (χ2v) is 8.45. The molecule has 0 radical (unpaired) electrons. The topological polar surface area (TPSA) is 125 Å². The van der Waals surface area contributed by atoms with Crippen molar-refractivity contribution >= 4 is 16.1 Å². The summed E-state index contributed by atoms with van der Waals surface area (Å²) in [6.07, 6.45) is -0.0717. The van der Waals surface area contributed by atoms with E-state index in [0.717, 1.165) is 6.26 Å². The molecule has 0 aliphatic rings. The minimum atomic E-state index is -3.79. The van der Waals surface area contributed by atoms with E-state index in [-0.39, 0.29) is 24.0 Å². The van der Waals surface area contributed by atoms with Gasteiger partial charge in [-0.05, 0) is 35.7 Å². The summed E-state index contributed by atoms with van der Waals surface area (Å²) in [6, 6.07) is 12.2. The van der Waals surface area contributed by atoms with E-state index in [1.165, 1.54) is 18.2 Å². The zero-order valence-corrected chi connectivity index (χ0v) is 17.3. The Morgan fingerprint density at radius 2 is 1.79 bits per heavy atom. The Hall–Kier alpha value is -2.62. The zero-order chi connectivity index (χ0) is 21.6. The van der Waals surface area contributed by atoms with Gasteiger partial charge in [0.15, 0.2) is 18.1 Å². The maximum Gasteiger partial charge on any atom is 0.349 e. The van der Waals surface area contributed by atoms with Crippen LogP contribution in [-0.4, -0.2) is 38.4 Å². The molecular formula is C20H25NO7S. The number of aromatic hydroxyl groups is 1. The van der Waals surface area contributed by atoms with Crippen LogP contribution in [0.5, 0.6) is 17.2 Å². The first kappa shape index (κ1) is 22.7. The summed E-state index contributed by atoms with van der Waals surface area (Å²) in [5.74, 6) is -0.732. The van der Waals surface area contributed by atoms with E-state index < -0.39 is 28.2 Å². The molecule has 2 rings (SSSR count). The molecule has 2 atom stereocenters. The van der Waals surface area contributed by atoms with Crippen molar-refractivity contribution in [3.05, 3.63) is 54.1 Å². The highest BCUT2D eigenvalue weighted by Gasteiger charge is 2.28. The molecule has 2 unspecified atom stereocenters. The van der Waals surface area contributed by atoms with Gasteiger partial charge in [0.1, 0.15) is 11.9 Å². The Balaban J connectivity index is 2.11. The van der Waals surface area contributed by atoms with Crippen molar-refractivity contribution in [2.45, 2.75) is 26.0 Å². The molecule has 2 aromatic rings. The zero-order valence-electron chi connectivity index (χ0n) is 16.4. The lowest BCUT2D eigenvalue weighted by Gasteiger charge is -2.26. The molecular weight excluding hydrogens is 398 g/mol. The van der Waals surface area contributed by atoms with E-state index in [9.17, 15) is 18.3 Å². The molecule has 0 bridgehead atoms. The van der Waals surface area contributed by atoms with E-state index in [1.807, 2.05) is 19.9 Å². The minimum absolute atomic E-state index is 0.0865. The molecule has 0 fully saturated rings. The van der Waals surface area contributed by atoms with E-state index in [0.29, 0.717) is 11.3 Å². The maximum atomic E-state index is 12.0. The fourth-order valence-electron chi connectivity index (χ4n) is 2.49. The minimum Gasteiger partial charge on any atom is -0.504 e. The van der Waals surface area contributed by atoms with E-state index in [2.05, 4.69) is 0 Å². The average Bonchev–Trinajstić information content (AvgIpc) is 2.65. The van der Waals surface area contributed by atoms with Gasteiger partial charge in [-0.15, -0.1) is 0 Å². The normalized spacial score (nSPS) is 13.7. The first-order valence-electron chi connectivity index (χ1n) is 8.92. The van der Waals surface area contributed by atoms with Gasteiger partial charge in [0, 0.05) is 6.04 Å². The average molecular weight is 423 g/mol. The molecule has 0 amide bonds. The van der Waals surface area contributed by atoms with Crippen molar-refractivity contribution < 1.29 is 32.0 Å². The molecule has 0 heterocycles. The molecule has 0 aliphatic heterocycles. The van der Waals surface area contributed by atoms with Gasteiger partial charge in [0.2, 0.25) is 0 Å². The van der Waals surface area contributed by atoms with Crippen LogP contribution in [-0.2, 0) is 19.1 Å². The third-order valence-electron chi connectivity index (χ3n) is 4.03. The molecule has 8 nitrogen and oxygen atoms in total. The summed E-state index contributed by atoms with van der Waals surface area (Å²) in [5.41, 5.74) is 6.43. The highest BCUT2D eigenvalue weighted by Crippen LogP contribution is 2.33. The van der Waals surface area contributed by atoms with Gasteiger partial charge in [-0.1, -0.05) is 38.1 Å². The van der Waals surface area contributed by atoms with E-state index >= 15 is 0 Å². The summed E-state index contributed by atoms with van der Waals surface area (Å²) in [7, 11) is -3.79. The van der Waals surface area contributed by atoms with Gasteiger partial charge >= 0.3 is 5.97 Å². The summed E-state index contributed by atoms with van der Waals surface area (Å²) in [6.45, 7) is 3.31. The number of ether oxygens (including phenoxy) is 2. The number of esters is 1. The van der Waals surface area contributed by atoms with Crippen LogP contribution in [0.3, 0.4) is 0 Å². The third-order valence-corrected chi connectivity index (χ3v) is 4.59.